The van der Waals surface area contributed by atoms with Gasteiger partial charge in [0.25, 0.3) is 0 Å². The molecule has 21 heavy (non-hydrogen) atoms. The lowest BCUT2D eigenvalue weighted by Crippen LogP contribution is -2.43. The maximum absolute atomic E-state index is 13.7. The summed E-state index contributed by atoms with van der Waals surface area (Å²) < 4.78 is 19.2. The summed E-state index contributed by atoms with van der Waals surface area (Å²) in [6, 6.07) is 6.70. The fourth-order valence-electron chi connectivity index (χ4n) is 2.96. The summed E-state index contributed by atoms with van der Waals surface area (Å²) in [4.78, 5) is 4.53. The second-order valence-corrected chi connectivity index (χ2v) is 5.70. The van der Waals surface area contributed by atoms with Gasteiger partial charge in [0.2, 0.25) is 5.89 Å². The zero-order valence-corrected chi connectivity index (χ0v) is 12.2. The van der Waals surface area contributed by atoms with Gasteiger partial charge in [0.15, 0.2) is 5.82 Å². The summed E-state index contributed by atoms with van der Waals surface area (Å²) in [5.41, 5.74) is 0.524. The second kappa shape index (κ2) is 5.93. The SMILES string of the molecule is CCC1(c2nc(Cc3ccccc3F)no2)CCCNC1. The van der Waals surface area contributed by atoms with E-state index >= 15 is 0 Å². The first kappa shape index (κ1) is 14.2. The highest BCUT2D eigenvalue weighted by molar-refractivity contribution is 5.21. The van der Waals surface area contributed by atoms with E-state index in [1.54, 1.807) is 12.1 Å². The molecule has 1 aromatic carbocycles. The third kappa shape index (κ3) is 2.83. The van der Waals surface area contributed by atoms with Crippen LogP contribution >= 0.6 is 0 Å². The Hall–Kier alpha value is -1.75. The number of piperidine rings is 1. The smallest absolute Gasteiger partial charge is 0.234 e. The van der Waals surface area contributed by atoms with Gasteiger partial charge in [-0.25, -0.2) is 4.39 Å². The highest BCUT2D eigenvalue weighted by Crippen LogP contribution is 2.33. The van der Waals surface area contributed by atoms with Crippen LogP contribution in [0.25, 0.3) is 0 Å². The maximum atomic E-state index is 13.7. The van der Waals surface area contributed by atoms with Gasteiger partial charge in [-0.05, 0) is 37.4 Å². The molecule has 1 aliphatic rings. The minimum atomic E-state index is -0.228. The Morgan fingerprint density at radius 1 is 1.38 bits per heavy atom. The molecule has 1 N–H and O–H groups in total. The monoisotopic (exact) mass is 289 g/mol. The van der Waals surface area contributed by atoms with Gasteiger partial charge in [-0.2, -0.15) is 4.98 Å². The number of hydrogen-bond donors (Lipinski definition) is 1. The van der Waals surface area contributed by atoms with E-state index < -0.39 is 0 Å². The van der Waals surface area contributed by atoms with Gasteiger partial charge in [0.05, 0.1) is 5.41 Å². The van der Waals surface area contributed by atoms with E-state index in [2.05, 4.69) is 22.4 Å². The summed E-state index contributed by atoms with van der Waals surface area (Å²) >= 11 is 0. The molecule has 0 radical (unpaired) electrons. The fraction of sp³-hybridized carbons (Fsp3) is 0.500. The molecule has 3 rings (SSSR count). The van der Waals surface area contributed by atoms with Crippen molar-refractivity contribution in [2.75, 3.05) is 13.1 Å². The van der Waals surface area contributed by atoms with Crippen LogP contribution in [-0.2, 0) is 11.8 Å². The van der Waals surface area contributed by atoms with Crippen LogP contribution in [0.2, 0.25) is 0 Å². The molecule has 1 atom stereocenters. The van der Waals surface area contributed by atoms with Gasteiger partial charge in [0.1, 0.15) is 5.82 Å². The van der Waals surface area contributed by atoms with Gasteiger partial charge < -0.3 is 9.84 Å². The second-order valence-electron chi connectivity index (χ2n) is 5.70. The molecule has 112 valence electrons. The van der Waals surface area contributed by atoms with Crippen molar-refractivity contribution in [2.45, 2.75) is 38.0 Å². The van der Waals surface area contributed by atoms with Gasteiger partial charge in [-0.15, -0.1) is 0 Å². The van der Waals surface area contributed by atoms with E-state index in [-0.39, 0.29) is 11.2 Å². The zero-order valence-electron chi connectivity index (χ0n) is 12.2. The molecule has 1 aliphatic heterocycles. The molecule has 1 saturated heterocycles. The van der Waals surface area contributed by atoms with Crippen LogP contribution in [-0.4, -0.2) is 23.2 Å². The summed E-state index contributed by atoms with van der Waals surface area (Å²) in [6.07, 6.45) is 3.49. The fourth-order valence-corrected chi connectivity index (χ4v) is 2.96. The minimum absolute atomic E-state index is 0.0707. The van der Waals surface area contributed by atoms with Crippen molar-refractivity contribution in [1.82, 2.24) is 15.5 Å². The highest BCUT2D eigenvalue weighted by atomic mass is 19.1. The van der Waals surface area contributed by atoms with Gasteiger partial charge in [-0.1, -0.05) is 30.3 Å². The standard InChI is InChI=1S/C16H20FN3O/c1-2-16(8-5-9-18-11-16)15-19-14(20-21-15)10-12-6-3-4-7-13(12)17/h3-4,6-7,18H,2,5,8-11H2,1H3. The molecular formula is C16H20FN3O. The third-order valence-electron chi connectivity index (χ3n) is 4.38. The molecular weight excluding hydrogens is 269 g/mol. The number of nitrogens with zero attached hydrogens (tertiary/aromatic N) is 2. The van der Waals surface area contributed by atoms with Crippen molar-refractivity contribution in [3.05, 3.63) is 47.4 Å². The number of benzene rings is 1. The van der Waals surface area contributed by atoms with Crippen LogP contribution in [0.15, 0.2) is 28.8 Å². The average molecular weight is 289 g/mol. The van der Waals surface area contributed by atoms with Crippen molar-refractivity contribution in [2.24, 2.45) is 0 Å². The normalized spacial score (nSPS) is 22.4. The quantitative estimate of drug-likeness (QED) is 0.940. The molecule has 0 amide bonds. The Labute approximate surface area is 123 Å². The molecule has 0 spiro atoms. The first-order valence-electron chi connectivity index (χ1n) is 7.51. The Morgan fingerprint density at radius 3 is 2.95 bits per heavy atom. The largest absolute Gasteiger partial charge is 0.339 e. The summed E-state index contributed by atoms with van der Waals surface area (Å²) in [7, 11) is 0. The van der Waals surface area contributed by atoms with E-state index in [9.17, 15) is 4.39 Å². The van der Waals surface area contributed by atoms with E-state index in [1.807, 2.05) is 6.07 Å². The number of aromatic nitrogens is 2. The Kier molecular flexibility index (Phi) is 4.01. The van der Waals surface area contributed by atoms with E-state index in [0.717, 1.165) is 32.4 Å². The Morgan fingerprint density at radius 2 is 2.24 bits per heavy atom. The summed E-state index contributed by atoms with van der Waals surface area (Å²) in [5, 5.41) is 7.45. The number of hydrogen-bond acceptors (Lipinski definition) is 4. The first-order chi connectivity index (χ1) is 10.2. The number of halogens is 1. The van der Waals surface area contributed by atoms with Gasteiger partial charge >= 0.3 is 0 Å². The number of nitrogens with one attached hydrogen (secondary N) is 1. The van der Waals surface area contributed by atoms with Crippen LogP contribution < -0.4 is 5.32 Å². The predicted octanol–water partition coefficient (Wildman–Crippen LogP) is 2.83. The first-order valence-corrected chi connectivity index (χ1v) is 7.51. The molecule has 1 unspecified atom stereocenters. The number of rotatable bonds is 4. The lowest BCUT2D eigenvalue weighted by molar-refractivity contribution is 0.220. The molecule has 0 aliphatic carbocycles. The minimum Gasteiger partial charge on any atom is -0.339 e. The molecule has 5 heteroatoms. The van der Waals surface area contributed by atoms with Crippen molar-refractivity contribution in [1.29, 1.82) is 0 Å². The molecule has 0 saturated carbocycles. The summed E-state index contributed by atoms with van der Waals surface area (Å²) in [5.74, 6) is 1.01. The van der Waals surface area contributed by atoms with E-state index in [1.165, 1.54) is 6.07 Å². The van der Waals surface area contributed by atoms with E-state index in [4.69, 9.17) is 4.52 Å². The van der Waals surface area contributed by atoms with E-state index in [0.29, 0.717) is 23.7 Å². The molecule has 1 fully saturated rings. The molecule has 2 heterocycles. The molecule has 0 bridgehead atoms. The predicted molar refractivity (Wildman–Crippen MR) is 77.6 cm³/mol. The van der Waals surface area contributed by atoms with Gasteiger partial charge in [0, 0.05) is 13.0 Å². The van der Waals surface area contributed by atoms with Crippen LogP contribution in [0.5, 0.6) is 0 Å². The van der Waals surface area contributed by atoms with Crippen molar-refractivity contribution >= 4 is 0 Å². The van der Waals surface area contributed by atoms with Crippen LogP contribution in [0.3, 0.4) is 0 Å². The summed E-state index contributed by atoms with van der Waals surface area (Å²) in [6.45, 7) is 4.05. The average Bonchev–Trinajstić information content (AvgIpc) is 2.99. The lowest BCUT2D eigenvalue weighted by Gasteiger charge is -2.33. The van der Waals surface area contributed by atoms with Crippen molar-refractivity contribution in [3.8, 4) is 0 Å². The van der Waals surface area contributed by atoms with Crippen LogP contribution in [0.4, 0.5) is 4.39 Å². The molecule has 1 aromatic heterocycles. The Bertz CT molecular complexity index is 605. The topological polar surface area (TPSA) is 51.0 Å². The zero-order chi connectivity index (χ0) is 14.7. The Balaban J connectivity index is 1.81. The van der Waals surface area contributed by atoms with Crippen molar-refractivity contribution in [3.63, 3.8) is 0 Å². The van der Waals surface area contributed by atoms with Crippen LogP contribution in [0, 0.1) is 5.82 Å². The third-order valence-corrected chi connectivity index (χ3v) is 4.38. The lowest BCUT2D eigenvalue weighted by atomic mass is 9.78. The van der Waals surface area contributed by atoms with Crippen molar-refractivity contribution < 1.29 is 8.91 Å². The molecule has 4 nitrogen and oxygen atoms in total. The van der Waals surface area contributed by atoms with Gasteiger partial charge in [-0.3, -0.25) is 0 Å². The van der Waals surface area contributed by atoms with Crippen LogP contribution in [0.1, 0.15) is 43.5 Å². The highest BCUT2D eigenvalue weighted by Gasteiger charge is 2.37. The maximum Gasteiger partial charge on any atom is 0.234 e. The molecule has 2 aromatic rings.